The highest BCUT2D eigenvalue weighted by Crippen LogP contribution is 2.21. The molecule has 0 saturated carbocycles. The molecule has 0 spiro atoms. The SMILES string of the molecule is COCCCC1C=C(CCl)C=CC1. The fourth-order valence-electron chi connectivity index (χ4n) is 1.60. The van der Waals surface area contributed by atoms with Crippen molar-refractivity contribution in [1.29, 1.82) is 0 Å². The van der Waals surface area contributed by atoms with Gasteiger partial charge in [0.15, 0.2) is 0 Å². The number of hydrogen-bond donors (Lipinski definition) is 0. The van der Waals surface area contributed by atoms with E-state index < -0.39 is 0 Å². The van der Waals surface area contributed by atoms with E-state index in [4.69, 9.17) is 16.3 Å². The van der Waals surface area contributed by atoms with Crippen LogP contribution in [0.25, 0.3) is 0 Å². The van der Waals surface area contributed by atoms with Gasteiger partial charge in [-0.3, -0.25) is 0 Å². The molecular formula is C11H17ClO. The van der Waals surface area contributed by atoms with E-state index >= 15 is 0 Å². The molecule has 0 radical (unpaired) electrons. The molecule has 0 N–H and O–H groups in total. The van der Waals surface area contributed by atoms with Crippen LogP contribution in [0.5, 0.6) is 0 Å². The molecule has 1 rings (SSSR count). The lowest BCUT2D eigenvalue weighted by molar-refractivity contribution is 0.189. The van der Waals surface area contributed by atoms with Crippen molar-refractivity contribution in [3.05, 3.63) is 23.8 Å². The topological polar surface area (TPSA) is 9.23 Å². The summed E-state index contributed by atoms with van der Waals surface area (Å²) in [5.41, 5.74) is 1.26. The van der Waals surface area contributed by atoms with Crippen LogP contribution < -0.4 is 0 Å². The van der Waals surface area contributed by atoms with E-state index in [0.29, 0.717) is 11.8 Å². The summed E-state index contributed by atoms with van der Waals surface area (Å²) < 4.78 is 5.02. The summed E-state index contributed by atoms with van der Waals surface area (Å²) in [5.74, 6) is 1.31. The van der Waals surface area contributed by atoms with Gasteiger partial charge in [0.05, 0.1) is 0 Å². The van der Waals surface area contributed by atoms with E-state index in [-0.39, 0.29) is 0 Å². The molecule has 0 aliphatic heterocycles. The highest BCUT2D eigenvalue weighted by atomic mass is 35.5. The van der Waals surface area contributed by atoms with Gasteiger partial charge in [0.2, 0.25) is 0 Å². The Morgan fingerprint density at radius 1 is 1.62 bits per heavy atom. The van der Waals surface area contributed by atoms with Gasteiger partial charge < -0.3 is 4.74 Å². The molecule has 0 heterocycles. The largest absolute Gasteiger partial charge is 0.385 e. The second-order valence-electron chi connectivity index (χ2n) is 3.41. The van der Waals surface area contributed by atoms with E-state index in [0.717, 1.165) is 19.4 Å². The maximum atomic E-state index is 5.76. The number of allylic oxidation sites excluding steroid dienone is 4. The summed E-state index contributed by atoms with van der Waals surface area (Å²) in [6.45, 7) is 0.865. The predicted molar refractivity (Wildman–Crippen MR) is 57.2 cm³/mol. The van der Waals surface area contributed by atoms with Crippen molar-refractivity contribution in [3.63, 3.8) is 0 Å². The van der Waals surface area contributed by atoms with Crippen LogP contribution in [0.2, 0.25) is 0 Å². The predicted octanol–water partition coefficient (Wildman–Crippen LogP) is 3.15. The van der Waals surface area contributed by atoms with Crippen molar-refractivity contribution in [2.24, 2.45) is 5.92 Å². The average molecular weight is 201 g/mol. The average Bonchev–Trinajstić information content (AvgIpc) is 2.19. The van der Waals surface area contributed by atoms with Gasteiger partial charge in [0, 0.05) is 19.6 Å². The molecule has 1 atom stereocenters. The zero-order chi connectivity index (χ0) is 9.52. The summed E-state index contributed by atoms with van der Waals surface area (Å²) in [5, 5.41) is 0. The Morgan fingerprint density at radius 2 is 2.46 bits per heavy atom. The molecule has 2 heteroatoms. The van der Waals surface area contributed by atoms with Gasteiger partial charge in [-0.1, -0.05) is 18.2 Å². The van der Waals surface area contributed by atoms with Crippen LogP contribution in [0.15, 0.2) is 23.8 Å². The molecule has 0 saturated heterocycles. The quantitative estimate of drug-likeness (QED) is 0.490. The third kappa shape index (κ3) is 3.97. The number of halogens is 1. The lowest BCUT2D eigenvalue weighted by Gasteiger charge is -2.15. The standard InChI is InChI=1S/C11H17ClO/c1-13-7-3-6-10-4-2-5-11(8-10)9-12/h2,5,8,10H,3-4,6-7,9H2,1H3. The van der Waals surface area contributed by atoms with Crippen LogP contribution in [-0.4, -0.2) is 19.6 Å². The molecule has 0 aromatic carbocycles. The Bertz CT molecular complexity index is 196. The molecule has 13 heavy (non-hydrogen) atoms. The summed E-state index contributed by atoms with van der Waals surface area (Å²) in [6.07, 6.45) is 10.1. The molecule has 0 amide bonds. The molecule has 0 bridgehead atoms. The van der Waals surface area contributed by atoms with E-state index in [1.165, 1.54) is 12.0 Å². The molecule has 1 aliphatic carbocycles. The van der Waals surface area contributed by atoms with E-state index in [1.807, 2.05) is 0 Å². The Morgan fingerprint density at radius 3 is 3.15 bits per heavy atom. The summed E-state index contributed by atoms with van der Waals surface area (Å²) in [7, 11) is 1.75. The van der Waals surface area contributed by atoms with Crippen LogP contribution in [0.1, 0.15) is 19.3 Å². The van der Waals surface area contributed by atoms with Crippen LogP contribution >= 0.6 is 11.6 Å². The van der Waals surface area contributed by atoms with Crippen molar-refractivity contribution in [2.45, 2.75) is 19.3 Å². The van der Waals surface area contributed by atoms with Crippen LogP contribution in [0.3, 0.4) is 0 Å². The normalized spacial score (nSPS) is 21.7. The fourth-order valence-corrected chi connectivity index (χ4v) is 1.78. The lowest BCUT2D eigenvalue weighted by atomic mass is 9.93. The van der Waals surface area contributed by atoms with E-state index in [1.54, 1.807) is 7.11 Å². The maximum Gasteiger partial charge on any atom is 0.0470 e. The molecule has 0 aromatic rings. The first kappa shape index (κ1) is 10.8. The van der Waals surface area contributed by atoms with Gasteiger partial charge in [-0.2, -0.15) is 0 Å². The van der Waals surface area contributed by atoms with Crippen molar-refractivity contribution >= 4 is 11.6 Å². The van der Waals surface area contributed by atoms with Gasteiger partial charge in [0.1, 0.15) is 0 Å². The van der Waals surface area contributed by atoms with Crippen molar-refractivity contribution in [1.82, 2.24) is 0 Å². The molecule has 1 aliphatic rings. The smallest absolute Gasteiger partial charge is 0.0470 e. The number of ether oxygens (including phenoxy) is 1. The Balaban J connectivity index is 2.27. The number of hydrogen-bond acceptors (Lipinski definition) is 1. The van der Waals surface area contributed by atoms with Crippen LogP contribution in [-0.2, 0) is 4.74 Å². The fraction of sp³-hybridized carbons (Fsp3) is 0.636. The molecule has 0 fully saturated rings. The van der Waals surface area contributed by atoms with Gasteiger partial charge >= 0.3 is 0 Å². The third-order valence-electron chi connectivity index (χ3n) is 2.30. The minimum Gasteiger partial charge on any atom is -0.385 e. The van der Waals surface area contributed by atoms with Gasteiger partial charge in [0.25, 0.3) is 0 Å². The first-order valence-corrected chi connectivity index (χ1v) is 5.32. The summed E-state index contributed by atoms with van der Waals surface area (Å²) in [6, 6.07) is 0. The second kappa shape index (κ2) is 6.22. The van der Waals surface area contributed by atoms with E-state index in [9.17, 15) is 0 Å². The maximum absolute atomic E-state index is 5.76. The van der Waals surface area contributed by atoms with Gasteiger partial charge in [-0.05, 0) is 30.8 Å². The minimum absolute atomic E-state index is 0.636. The zero-order valence-electron chi connectivity index (χ0n) is 8.13. The number of rotatable bonds is 5. The molecule has 0 aromatic heterocycles. The lowest BCUT2D eigenvalue weighted by Crippen LogP contribution is -2.03. The van der Waals surface area contributed by atoms with Crippen LogP contribution in [0.4, 0.5) is 0 Å². The van der Waals surface area contributed by atoms with Gasteiger partial charge in [-0.15, -0.1) is 11.6 Å². The zero-order valence-corrected chi connectivity index (χ0v) is 8.89. The third-order valence-corrected chi connectivity index (χ3v) is 2.61. The summed E-state index contributed by atoms with van der Waals surface area (Å²) >= 11 is 5.76. The molecule has 74 valence electrons. The molecule has 1 unspecified atom stereocenters. The van der Waals surface area contributed by atoms with Crippen LogP contribution in [0, 0.1) is 5.92 Å². The van der Waals surface area contributed by atoms with Crippen molar-refractivity contribution in [3.8, 4) is 0 Å². The first-order valence-electron chi connectivity index (χ1n) is 4.79. The monoisotopic (exact) mass is 200 g/mol. The van der Waals surface area contributed by atoms with Crippen molar-refractivity contribution < 1.29 is 4.74 Å². The van der Waals surface area contributed by atoms with E-state index in [2.05, 4.69) is 18.2 Å². The number of methoxy groups -OCH3 is 1. The minimum atomic E-state index is 0.636. The highest BCUT2D eigenvalue weighted by Gasteiger charge is 2.08. The Kier molecular flexibility index (Phi) is 5.18. The van der Waals surface area contributed by atoms with Gasteiger partial charge in [-0.25, -0.2) is 0 Å². The highest BCUT2D eigenvalue weighted by molar-refractivity contribution is 6.19. The molecule has 1 nitrogen and oxygen atoms in total. The first-order chi connectivity index (χ1) is 6.36. The second-order valence-corrected chi connectivity index (χ2v) is 3.68. The summed E-state index contributed by atoms with van der Waals surface area (Å²) in [4.78, 5) is 0. The molecular weight excluding hydrogens is 184 g/mol. The Hall–Kier alpha value is -0.270. The number of alkyl halides is 1. The Labute approximate surface area is 85.4 Å². The van der Waals surface area contributed by atoms with Crippen molar-refractivity contribution in [2.75, 3.05) is 19.6 Å².